The van der Waals surface area contributed by atoms with E-state index in [1.807, 2.05) is 19.1 Å². The first kappa shape index (κ1) is 19.9. The van der Waals surface area contributed by atoms with E-state index in [0.717, 1.165) is 5.69 Å². The van der Waals surface area contributed by atoms with Crippen LogP contribution in [0.25, 0.3) is 0 Å². The number of nitrogens with zero attached hydrogens (tertiary/aromatic N) is 1. The average Bonchev–Trinajstić information content (AvgIpc) is 2.70. The Morgan fingerprint density at radius 2 is 1.68 bits per heavy atom. The first-order valence-corrected chi connectivity index (χ1v) is 10.3. The Kier molecular flexibility index (Phi) is 5.96. The molecule has 1 amide bonds. The van der Waals surface area contributed by atoms with E-state index in [1.54, 1.807) is 36.5 Å². The van der Waals surface area contributed by atoms with Crippen LogP contribution < -0.4 is 10.0 Å². The normalized spacial score (nSPS) is 12.2. The zero-order valence-corrected chi connectivity index (χ0v) is 16.5. The summed E-state index contributed by atoms with van der Waals surface area (Å²) < 4.78 is 27.4. The molecular weight excluding hydrogens is 398 g/mol. The van der Waals surface area contributed by atoms with Crippen LogP contribution in [-0.2, 0) is 10.0 Å². The number of anilines is 1. The van der Waals surface area contributed by atoms with Crippen LogP contribution in [0.1, 0.15) is 29.0 Å². The lowest BCUT2D eigenvalue weighted by atomic mass is 10.1. The molecule has 28 heavy (non-hydrogen) atoms. The summed E-state index contributed by atoms with van der Waals surface area (Å²) in [5.41, 5.74) is 1.49. The predicted molar refractivity (Wildman–Crippen MR) is 109 cm³/mol. The highest BCUT2D eigenvalue weighted by Gasteiger charge is 2.16. The second-order valence-electron chi connectivity index (χ2n) is 6.09. The molecule has 0 saturated heterocycles. The molecule has 8 heteroatoms. The third-order valence-corrected chi connectivity index (χ3v) is 5.65. The van der Waals surface area contributed by atoms with Crippen molar-refractivity contribution in [1.29, 1.82) is 0 Å². The molecule has 0 radical (unpaired) electrons. The number of carbonyl (C=O) groups is 1. The largest absolute Gasteiger partial charge is 0.344 e. The van der Waals surface area contributed by atoms with Crippen LogP contribution in [0.15, 0.2) is 77.8 Å². The number of rotatable bonds is 6. The lowest BCUT2D eigenvalue weighted by Gasteiger charge is -2.13. The molecular formula is C20H18ClN3O3S. The monoisotopic (exact) mass is 415 g/mol. The van der Waals surface area contributed by atoms with E-state index in [2.05, 4.69) is 15.0 Å². The molecule has 0 fully saturated rings. The third-order valence-electron chi connectivity index (χ3n) is 4.00. The molecule has 1 atom stereocenters. The lowest BCUT2D eigenvalue weighted by Crippen LogP contribution is -2.27. The molecule has 3 aromatic rings. The van der Waals surface area contributed by atoms with Gasteiger partial charge >= 0.3 is 0 Å². The molecule has 1 aromatic heterocycles. The zero-order valence-electron chi connectivity index (χ0n) is 15.0. The van der Waals surface area contributed by atoms with Gasteiger partial charge in [0.1, 0.15) is 0 Å². The van der Waals surface area contributed by atoms with E-state index in [1.165, 1.54) is 24.3 Å². The van der Waals surface area contributed by atoms with E-state index in [9.17, 15) is 13.2 Å². The van der Waals surface area contributed by atoms with Crippen molar-refractivity contribution in [2.45, 2.75) is 17.9 Å². The van der Waals surface area contributed by atoms with Crippen LogP contribution in [-0.4, -0.2) is 19.3 Å². The quantitative estimate of drug-likeness (QED) is 0.636. The standard InChI is InChI=1S/C20H18ClN3O3S/c1-14(19-4-2-3-13-22-19)23-20(25)15-5-11-18(12-6-15)28(26,27)24-17-9-7-16(21)8-10-17/h2-14,24H,1H3,(H,23,25). The van der Waals surface area contributed by atoms with E-state index in [4.69, 9.17) is 11.6 Å². The molecule has 0 spiro atoms. The number of halogens is 1. The first-order chi connectivity index (χ1) is 13.3. The van der Waals surface area contributed by atoms with Gasteiger partial charge in [-0.2, -0.15) is 0 Å². The molecule has 1 unspecified atom stereocenters. The summed E-state index contributed by atoms with van der Waals surface area (Å²) in [7, 11) is -3.77. The highest BCUT2D eigenvalue weighted by Crippen LogP contribution is 2.19. The van der Waals surface area contributed by atoms with Gasteiger partial charge in [-0.3, -0.25) is 14.5 Å². The second-order valence-corrected chi connectivity index (χ2v) is 8.21. The summed E-state index contributed by atoms with van der Waals surface area (Å²) in [6, 6.07) is 17.2. The summed E-state index contributed by atoms with van der Waals surface area (Å²) in [5, 5.41) is 3.35. The minimum absolute atomic E-state index is 0.0526. The second kappa shape index (κ2) is 8.41. The van der Waals surface area contributed by atoms with Crippen LogP contribution in [0.3, 0.4) is 0 Å². The fourth-order valence-electron chi connectivity index (χ4n) is 2.50. The van der Waals surface area contributed by atoms with Gasteiger partial charge < -0.3 is 5.32 Å². The fourth-order valence-corrected chi connectivity index (χ4v) is 3.69. The van der Waals surface area contributed by atoms with Crippen molar-refractivity contribution in [3.05, 3.63) is 89.2 Å². The van der Waals surface area contributed by atoms with Gasteiger partial charge in [0.05, 0.1) is 16.6 Å². The molecule has 144 valence electrons. The number of hydrogen-bond acceptors (Lipinski definition) is 4. The van der Waals surface area contributed by atoms with Crippen LogP contribution in [0.5, 0.6) is 0 Å². The van der Waals surface area contributed by atoms with Crippen molar-refractivity contribution in [3.8, 4) is 0 Å². The molecule has 2 aromatic carbocycles. The van der Waals surface area contributed by atoms with Gasteiger partial charge in [-0.05, 0) is 67.6 Å². The zero-order chi connectivity index (χ0) is 20.1. The number of pyridine rings is 1. The van der Waals surface area contributed by atoms with Crippen molar-refractivity contribution in [2.75, 3.05) is 4.72 Å². The number of benzene rings is 2. The minimum atomic E-state index is -3.77. The first-order valence-electron chi connectivity index (χ1n) is 8.45. The summed E-state index contributed by atoms with van der Waals surface area (Å²) >= 11 is 5.80. The summed E-state index contributed by atoms with van der Waals surface area (Å²) in [4.78, 5) is 16.7. The lowest BCUT2D eigenvalue weighted by molar-refractivity contribution is 0.0939. The van der Waals surface area contributed by atoms with Gasteiger partial charge in [0.2, 0.25) is 0 Å². The maximum Gasteiger partial charge on any atom is 0.261 e. The smallest absolute Gasteiger partial charge is 0.261 e. The molecule has 0 aliphatic carbocycles. The Morgan fingerprint density at radius 1 is 1.00 bits per heavy atom. The molecule has 2 N–H and O–H groups in total. The van der Waals surface area contributed by atoms with Crippen molar-refractivity contribution in [1.82, 2.24) is 10.3 Å². The van der Waals surface area contributed by atoms with Crippen LogP contribution in [0.4, 0.5) is 5.69 Å². The molecule has 0 aliphatic heterocycles. The number of sulfonamides is 1. The van der Waals surface area contributed by atoms with Crippen molar-refractivity contribution >= 4 is 33.2 Å². The van der Waals surface area contributed by atoms with Gasteiger partial charge in [0.15, 0.2) is 0 Å². The number of hydrogen-bond donors (Lipinski definition) is 2. The van der Waals surface area contributed by atoms with E-state index in [0.29, 0.717) is 16.3 Å². The van der Waals surface area contributed by atoms with Crippen LogP contribution >= 0.6 is 11.6 Å². The summed E-state index contributed by atoms with van der Waals surface area (Å²) in [5.74, 6) is -0.312. The SMILES string of the molecule is CC(NC(=O)c1ccc(S(=O)(=O)Nc2ccc(Cl)cc2)cc1)c1ccccn1. The number of amides is 1. The predicted octanol–water partition coefficient (Wildman–Crippen LogP) is 4.03. The highest BCUT2D eigenvalue weighted by atomic mass is 35.5. The van der Waals surface area contributed by atoms with E-state index < -0.39 is 10.0 Å². The Labute approximate surface area is 168 Å². The van der Waals surface area contributed by atoms with Gasteiger partial charge in [0.25, 0.3) is 15.9 Å². The van der Waals surface area contributed by atoms with Gasteiger partial charge in [-0.1, -0.05) is 17.7 Å². The fraction of sp³-hybridized carbons (Fsp3) is 0.100. The number of aromatic nitrogens is 1. The van der Waals surface area contributed by atoms with E-state index in [-0.39, 0.29) is 16.8 Å². The molecule has 3 rings (SSSR count). The van der Waals surface area contributed by atoms with Crippen LogP contribution in [0.2, 0.25) is 5.02 Å². The van der Waals surface area contributed by atoms with Crippen molar-refractivity contribution in [2.24, 2.45) is 0 Å². The number of carbonyl (C=O) groups excluding carboxylic acids is 1. The maximum absolute atomic E-state index is 12.5. The highest BCUT2D eigenvalue weighted by molar-refractivity contribution is 7.92. The van der Waals surface area contributed by atoms with Crippen LogP contribution in [0, 0.1) is 0 Å². The van der Waals surface area contributed by atoms with Gasteiger partial charge in [0, 0.05) is 22.5 Å². The molecule has 6 nitrogen and oxygen atoms in total. The third kappa shape index (κ3) is 4.88. The molecule has 0 saturated carbocycles. The summed E-state index contributed by atoms with van der Waals surface area (Å²) in [6.45, 7) is 1.83. The Balaban J connectivity index is 1.70. The van der Waals surface area contributed by atoms with Gasteiger partial charge in [-0.15, -0.1) is 0 Å². The van der Waals surface area contributed by atoms with Crippen molar-refractivity contribution in [3.63, 3.8) is 0 Å². The Morgan fingerprint density at radius 3 is 2.29 bits per heavy atom. The summed E-state index contributed by atoms with van der Waals surface area (Å²) in [6.07, 6.45) is 1.66. The molecule has 0 bridgehead atoms. The Hall–Kier alpha value is -2.90. The minimum Gasteiger partial charge on any atom is -0.344 e. The maximum atomic E-state index is 12.5. The average molecular weight is 416 g/mol. The molecule has 1 heterocycles. The Bertz CT molecular complexity index is 1050. The van der Waals surface area contributed by atoms with E-state index >= 15 is 0 Å². The number of nitrogens with one attached hydrogen (secondary N) is 2. The van der Waals surface area contributed by atoms with Gasteiger partial charge in [-0.25, -0.2) is 8.42 Å². The molecule has 0 aliphatic rings. The van der Waals surface area contributed by atoms with Crippen molar-refractivity contribution < 1.29 is 13.2 Å². The topological polar surface area (TPSA) is 88.2 Å².